The first-order chi connectivity index (χ1) is 10.4. The zero-order valence-electron chi connectivity index (χ0n) is 13.7. The summed E-state index contributed by atoms with van der Waals surface area (Å²) in [4.78, 5) is 0. The molecule has 0 radical (unpaired) electrons. The SMILES string of the molecule is C[C@]12C=CC(O)CC1CC(N)[C@@H]1C2=CC[C@]2(C)C(O)CC[C@@H]12. The molecule has 4 rings (SSSR count). The van der Waals surface area contributed by atoms with Gasteiger partial charge in [0.2, 0.25) is 0 Å². The highest BCUT2D eigenvalue weighted by atomic mass is 16.3. The van der Waals surface area contributed by atoms with Crippen LogP contribution in [0.3, 0.4) is 0 Å². The Morgan fingerprint density at radius 3 is 2.73 bits per heavy atom. The predicted molar refractivity (Wildman–Crippen MR) is 87.0 cm³/mol. The summed E-state index contributed by atoms with van der Waals surface area (Å²) in [6.07, 6.45) is 10.9. The van der Waals surface area contributed by atoms with E-state index in [-0.39, 0.29) is 29.1 Å². The van der Waals surface area contributed by atoms with Crippen LogP contribution in [0.15, 0.2) is 23.8 Å². The van der Waals surface area contributed by atoms with Crippen molar-refractivity contribution in [1.29, 1.82) is 0 Å². The maximum Gasteiger partial charge on any atom is 0.0724 e. The van der Waals surface area contributed by atoms with Crippen molar-refractivity contribution in [2.75, 3.05) is 0 Å². The van der Waals surface area contributed by atoms with Crippen LogP contribution in [0.1, 0.15) is 46.0 Å². The van der Waals surface area contributed by atoms with Crippen LogP contribution in [0, 0.1) is 28.6 Å². The fraction of sp³-hybridized carbons (Fsp3) is 0.789. The summed E-state index contributed by atoms with van der Waals surface area (Å²) in [7, 11) is 0. The maximum absolute atomic E-state index is 10.5. The molecule has 0 heterocycles. The second-order valence-corrected chi connectivity index (χ2v) is 8.64. The van der Waals surface area contributed by atoms with E-state index in [0.717, 1.165) is 32.1 Å². The molecule has 3 nitrogen and oxygen atoms in total. The van der Waals surface area contributed by atoms with Crippen LogP contribution in [-0.4, -0.2) is 28.5 Å². The van der Waals surface area contributed by atoms with Crippen molar-refractivity contribution >= 4 is 0 Å². The third kappa shape index (κ3) is 1.79. The van der Waals surface area contributed by atoms with E-state index in [1.54, 1.807) is 0 Å². The number of aliphatic hydroxyl groups is 2. The van der Waals surface area contributed by atoms with Crippen LogP contribution in [0.4, 0.5) is 0 Å². The summed E-state index contributed by atoms with van der Waals surface area (Å²) in [5.41, 5.74) is 8.19. The van der Waals surface area contributed by atoms with Gasteiger partial charge in [-0.05, 0) is 49.9 Å². The van der Waals surface area contributed by atoms with Gasteiger partial charge in [-0.15, -0.1) is 0 Å². The van der Waals surface area contributed by atoms with E-state index >= 15 is 0 Å². The molecule has 0 spiro atoms. The fourth-order valence-corrected chi connectivity index (χ4v) is 6.12. The Balaban J connectivity index is 1.78. The van der Waals surface area contributed by atoms with Crippen molar-refractivity contribution in [2.45, 2.75) is 64.2 Å². The number of nitrogens with two attached hydrogens (primary N) is 1. The molecule has 0 aromatic carbocycles. The van der Waals surface area contributed by atoms with Gasteiger partial charge < -0.3 is 15.9 Å². The van der Waals surface area contributed by atoms with Gasteiger partial charge in [0.1, 0.15) is 0 Å². The van der Waals surface area contributed by atoms with E-state index in [9.17, 15) is 10.2 Å². The lowest BCUT2D eigenvalue weighted by Crippen LogP contribution is -2.55. The third-order valence-electron chi connectivity index (χ3n) is 7.59. The van der Waals surface area contributed by atoms with Gasteiger partial charge in [0, 0.05) is 16.9 Å². The van der Waals surface area contributed by atoms with Crippen molar-refractivity contribution in [3.05, 3.63) is 23.8 Å². The Bertz CT molecular complexity index is 542. The van der Waals surface area contributed by atoms with E-state index < -0.39 is 0 Å². The molecule has 8 atom stereocenters. The first-order valence-corrected chi connectivity index (χ1v) is 8.88. The van der Waals surface area contributed by atoms with Gasteiger partial charge >= 0.3 is 0 Å². The summed E-state index contributed by atoms with van der Waals surface area (Å²) < 4.78 is 0. The largest absolute Gasteiger partial charge is 0.393 e. The Morgan fingerprint density at radius 2 is 1.95 bits per heavy atom. The zero-order chi connectivity index (χ0) is 15.7. The summed E-state index contributed by atoms with van der Waals surface area (Å²) in [5, 5.41) is 20.5. The average Bonchev–Trinajstić information content (AvgIpc) is 2.77. The van der Waals surface area contributed by atoms with Crippen LogP contribution < -0.4 is 5.73 Å². The average molecular weight is 303 g/mol. The molecule has 2 saturated carbocycles. The summed E-state index contributed by atoms with van der Waals surface area (Å²) in [6, 6.07) is 0.165. The molecule has 4 aliphatic rings. The zero-order valence-corrected chi connectivity index (χ0v) is 13.7. The molecule has 122 valence electrons. The lowest BCUT2D eigenvalue weighted by Gasteiger charge is -2.56. The highest BCUT2D eigenvalue weighted by molar-refractivity contribution is 5.35. The Hall–Kier alpha value is -0.640. The van der Waals surface area contributed by atoms with Crippen molar-refractivity contribution in [3.63, 3.8) is 0 Å². The van der Waals surface area contributed by atoms with E-state index in [1.165, 1.54) is 5.57 Å². The molecule has 0 aromatic heterocycles. The second-order valence-electron chi connectivity index (χ2n) is 8.64. The quantitative estimate of drug-likeness (QED) is 0.602. The second kappa shape index (κ2) is 4.68. The highest BCUT2D eigenvalue weighted by Crippen LogP contribution is 2.62. The predicted octanol–water partition coefficient (Wildman–Crippen LogP) is 2.38. The number of rotatable bonds is 0. The van der Waals surface area contributed by atoms with Gasteiger partial charge in [-0.3, -0.25) is 0 Å². The molecule has 3 heteroatoms. The first-order valence-electron chi connectivity index (χ1n) is 8.88. The van der Waals surface area contributed by atoms with Crippen molar-refractivity contribution < 1.29 is 10.2 Å². The molecule has 0 aromatic rings. The van der Waals surface area contributed by atoms with E-state index in [4.69, 9.17) is 5.73 Å². The lowest BCUT2D eigenvalue weighted by molar-refractivity contribution is -0.00479. The number of hydrogen-bond donors (Lipinski definition) is 3. The molecule has 4 N–H and O–H groups in total. The molecule has 4 aliphatic carbocycles. The number of fused-ring (bicyclic) bond motifs is 5. The lowest BCUT2D eigenvalue weighted by atomic mass is 9.49. The Morgan fingerprint density at radius 1 is 1.18 bits per heavy atom. The number of hydrogen-bond acceptors (Lipinski definition) is 3. The van der Waals surface area contributed by atoms with Gasteiger partial charge in [-0.25, -0.2) is 0 Å². The smallest absolute Gasteiger partial charge is 0.0724 e. The summed E-state index contributed by atoms with van der Waals surface area (Å²) >= 11 is 0. The minimum atomic E-state index is -0.315. The molecule has 0 bridgehead atoms. The standard InChI is InChI=1S/C19H29NO2/c1-18-7-5-12(21)9-11(18)10-15(20)17-13-3-4-16(22)19(13,2)8-6-14(17)18/h5-7,11-13,15-17,21-22H,3-4,8-10,20H2,1-2H3/t11?,12?,13-,15?,16?,17-,18-,19-/m0/s1. The molecule has 22 heavy (non-hydrogen) atoms. The minimum Gasteiger partial charge on any atom is -0.393 e. The normalized spacial score (nSPS) is 56.9. The van der Waals surface area contributed by atoms with Crippen LogP contribution in [0.2, 0.25) is 0 Å². The van der Waals surface area contributed by atoms with Gasteiger partial charge in [0.15, 0.2) is 0 Å². The third-order valence-corrected chi connectivity index (χ3v) is 7.59. The van der Waals surface area contributed by atoms with E-state index in [2.05, 4.69) is 26.0 Å². The topological polar surface area (TPSA) is 66.5 Å². The molecular weight excluding hydrogens is 274 g/mol. The highest BCUT2D eigenvalue weighted by Gasteiger charge is 2.58. The monoisotopic (exact) mass is 303 g/mol. The van der Waals surface area contributed by atoms with Crippen LogP contribution in [0.5, 0.6) is 0 Å². The van der Waals surface area contributed by atoms with Crippen LogP contribution in [-0.2, 0) is 0 Å². The number of allylic oxidation sites excluding steroid dienone is 2. The molecule has 0 amide bonds. The molecule has 4 unspecified atom stereocenters. The van der Waals surface area contributed by atoms with Crippen molar-refractivity contribution in [2.24, 2.45) is 34.3 Å². The van der Waals surface area contributed by atoms with Gasteiger partial charge in [-0.2, -0.15) is 0 Å². The first kappa shape index (κ1) is 14.9. The molecule has 0 aliphatic heterocycles. The molecular formula is C19H29NO2. The Kier molecular flexibility index (Phi) is 3.18. The van der Waals surface area contributed by atoms with Crippen LogP contribution >= 0.6 is 0 Å². The molecule has 0 saturated heterocycles. The van der Waals surface area contributed by atoms with Crippen molar-refractivity contribution in [3.8, 4) is 0 Å². The maximum atomic E-state index is 10.5. The van der Waals surface area contributed by atoms with Crippen molar-refractivity contribution in [1.82, 2.24) is 0 Å². The van der Waals surface area contributed by atoms with Gasteiger partial charge in [0.05, 0.1) is 12.2 Å². The van der Waals surface area contributed by atoms with Gasteiger partial charge in [-0.1, -0.05) is 37.6 Å². The van der Waals surface area contributed by atoms with E-state index in [1.807, 2.05) is 6.08 Å². The van der Waals surface area contributed by atoms with Crippen LogP contribution in [0.25, 0.3) is 0 Å². The molecule has 2 fully saturated rings. The van der Waals surface area contributed by atoms with Gasteiger partial charge in [0.25, 0.3) is 0 Å². The minimum absolute atomic E-state index is 0.00682. The Labute approximate surface area is 133 Å². The summed E-state index contributed by atoms with van der Waals surface area (Å²) in [5.74, 6) is 1.35. The fourth-order valence-electron chi connectivity index (χ4n) is 6.12. The number of aliphatic hydroxyl groups excluding tert-OH is 2. The summed E-state index contributed by atoms with van der Waals surface area (Å²) in [6.45, 7) is 4.59. The van der Waals surface area contributed by atoms with E-state index in [0.29, 0.717) is 17.8 Å².